The molecule has 3 aromatic rings. The third-order valence-electron chi connectivity index (χ3n) is 4.85. The molecule has 144 valence electrons. The number of urea groups is 1. The molecule has 1 aliphatic rings. The van der Waals surface area contributed by atoms with E-state index in [9.17, 15) is 9.59 Å². The first-order valence-electron chi connectivity index (χ1n) is 9.30. The van der Waals surface area contributed by atoms with Gasteiger partial charge in [0.1, 0.15) is 5.69 Å². The summed E-state index contributed by atoms with van der Waals surface area (Å²) in [5, 5.41) is 6.84. The Balaban J connectivity index is 1.38. The van der Waals surface area contributed by atoms with Gasteiger partial charge in [0, 0.05) is 40.7 Å². The fourth-order valence-electron chi connectivity index (χ4n) is 3.38. The molecular formula is C21H21BrN4O2. The van der Waals surface area contributed by atoms with Crippen LogP contribution in [0.15, 0.2) is 53.0 Å². The minimum Gasteiger partial charge on any atom is -0.350 e. The lowest BCUT2D eigenvalue weighted by Gasteiger charge is -2.16. The van der Waals surface area contributed by atoms with Crippen molar-refractivity contribution < 1.29 is 9.59 Å². The van der Waals surface area contributed by atoms with Crippen molar-refractivity contribution in [2.45, 2.75) is 19.4 Å². The molecule has 0 aliphatic carbocycles. The van der Waals surface area contributed by atoms with Gasteiger partial charge in [-0.3, -0.25) is 4.79 Å². The number of nitrogens with zero attached hydrogens (tertiary/aromatic N) is 1. The first-order chi connectivity index (χ1) is 13.6. The second-order valence-corrected chi connectivity index (χ2v) is 7.84. The third kappa shape index (κ3) is 4.20. The van der Waals surface area contributed by atoms with E-state index < -0.39 is 0 Å². The topological polar surface area (TPSA) is 77.2 Å². The van der Waals surface area contributed by atoms with Gasteiger partial charge in [0.05, 0.1) is 0 Å². The fraction of sp³-hybridized carbons (Fsp3) is 0.238. The van der Waals surface area contributed by atoms with Crippen molar-refractivity contribution in [3.63, 3.8) is 0 Å². The highest BCUT2D eigenvalue weighted by atomic mass is 79.9. The van der Waals surface area contributed by atoms with Crippen LogP contribution in [-0.2, 0) is 6.54 Å². The Kier molecular flexibility index (Phi) is 5.34. The average Bonchev–Trinajstić information content (AvgIpc) is 3.36. The van der Waals surface area contributed by atoms with E-state index in [2.05, 4.69) is 31.5 Å². The number of hydrogen-bond donors (Lipinski definition) is 3. The third-order valence-corrected chi connectivity index (χ3v) is 5.35. The molecule has 6 nitrogen and oxygen atoms in total. The van der Waals surface area contributed by atoms with Crippen LogP contribution in [0.2, 0.25) is 0 Å². The Morgan fingerprint density at radius 1 is 1.07 bits per heavy atom. The van der Waals surface area contributed by atoms with Crippen molar-refractivity contribution in [1.29, 1.82) is 0 Å². The van der Waals surface area contributed by atoms with E-state index in [0.29, 0.717) is 12.2 Å². The summed E-state index contributed by atoms with van der Waals surface area (Å²) in [6.45, 7) is 2.00. The summed E-state index contributed by atoms with van der Waals surface area (Å²) in [7, 11) is 0. The molecule has 1 aliphatic heterocycles. The zero-order chi connectivity index (χ0) is 19.5. The first-order valence-corrected chi connectivity index (χ1v) is 10.1. The number of H-pyrrole nitrogens is 1. The average molecular weight is 441 g/mol. The summed E-state index contributed by atoms with van der Waals surface area (Å²) in [5.41, 5.74) is 3.09. The van der Waals surface area contributed by atoms with Crippen LogP contribution in [0.25, 0.3) is 10.9 Å². The van der Waals surface area contributed by atoms with E-state index in [1.54, 1.807) is 0 Å². The van der Waals surface area contributed by atoms with Gasteiger partial charge in [0.15, 0.2) is 0 Å². The normalized spacial score (nSPS) is 13.7. The second kappa shape index (κ2) is 8.06. The number of anilines is 1. The van der Waals surface area contributed by atoms with Gasteiger partial charge in [-0.1, -0.05) is 34.1 Å². The molecule has 1 fully saturated rings. The lowest BCUT2D eigenvalue weighted by molar-refractivity contribution is 0.0946. The van der Waals surface area contributed by atoms with Crippen LogP contribution in [0.1, 0.15) is 28.9 Å². The molecule has 28 heavy (non-hydrogen) atoms. The van der Waals surface area contributed by atoms with Crippen molar-refractivity contribution in [1.82, 2.24) is 15.2 Å². The van der Waals surface area contributed by atoms with Gasteiger partial charge in [-0.15, -0.1) is 0 Å². The second-order valence-electron chi connectivity index (χ2n) is 6.92. The number of rotatable bonds is 4. The van der Waals surface area contributed by atoms with E-state index in [1.807, 2.05) is 53.4 Å². The van der Waals surface area contributed by atoms with Gasteiger partial charge >= 0.3 is 6.03 Å². The maximum atomic E-state index is 12.5. The minimum absolute atomic E-state index is 0.0667. The van der Waals surface area contributed by atoms with Gasteiger partial charge in [-0.25, -0.2) is 4.79 Å². The summed E-state index contributed by atoms with van der Waals surface area (Å²) in [6, 6.07) is 15.2. The largest absolute Gasteiger partial charge is 0.350 e. The van der Waals surface area contributed by atoms with Crippen LogP contribution in [0.4, 0.5) is 10.5 Å². The molecule has 2 heterocycles. The number of carbonyl (C=O) groups excluding carboxylic acids is 2. The van der Waals surface area contributed by atoms with Gasteiger partial charge in [0.2, 0.25) is 0 Å². The zero-order valence-corrected chi connectivity index (χ0v) is 16.9. The molecule has 4 rings (SSSR count). The van der Waals surface area contributed by atoms with E-state index >= 15 is 0 Å². The Bertz CT molecular complexity index is 1020. The lowest BCUT2D eigenvalue weighted by Crippen LogP contribution is -2.32. The highest BCUT2D eigenvalue weighted by Gasteiger charge is 2.17. The minimum atomic E-state index is -0.168. The number of carbonyl (C=O) groups is 2. The van der Waals surface area contributed by atoms with E-state index in [-0.39, 0.29) is 11.9 Å². The number of aromatic amines is 1. The Morgan fingerprint density at radius 2 is 1.89 bits per heavy atom. The van der Waals surface area contributed by atoms with Crippen LogP contribution < -0.4 is 10.6 Å². The molecule has 0 atom stereocenters. The van der Waals surface area contributed by atoms with Crippen molar-refractivity contribution in [3.05, 3.63) is 64.3 Å². The molecule has 0 radical (unpaired) electrons. The molecule has 1 saturated heterocycles. The van der Waals surface area contributed by atoms with Crippen molar-refractivity contribution >= 4 is 44.5 Å². The van der Waals surface area contributed by atoms with Crippen molar-refractivity contribution in [2.75, 3.05) is 18.4 Å². The number of nitrogens with one attached hydrogen (secondary N) is 3. The van der Waals surface area contributed by atoms with Crippen LogP contribution in [-0.4, -0.2) is 34.9 Å². The molecule has 0 bridgehead atoms. The fourth-order valence-corrected chi connectivity index (χ4v) is 3.74. The van der Waals surface area contributed by atoms with Crippen molar-refractivity contribution in [3.8, 4) is 0 Å². The number of benzene rings is 2. The molecule has 1 aromatic heterocycles. The number of aromatic nitrogens is 1. The van der Waals surface area contributed by atoms with Gasteiger partial charge in [-0.05, 0) is 48.7 Å². The molecule has 0 spiro atoms. The number of halogens is 1. The van der Waals surface area contributed by atoms with Crippen LogP contribution >= 0.6 is 15.9 Å². The summed E-state index contributed by atoms with van der Waals surface area (Å²) < 4.78 is 0.960. The van der Waals surface area contributed by atoms with E-state index in [1.165, 1.54) is 0 Å². The Hall–Kier alpha value is -2.80. The van der Waals surface area contributed by atoms with Crippen LogP contribution in [0.5, 0.6) is 0 Å². The Labute approximate surface area is 171 Å². The maximum absolute atomic E-state index is 12.5. The molecule has 0 unspecified atom stereocenters. The summed E-state index contributed by atoms with van der Waals surface area (Å²) >= 11 is 3.43. The van der Waals surface area contributed by atoms with E-state index in [4.69, 9.17) is 0 Å². The number of amides is 3. The lowest BCUT2D eigenvalue weighted by atomic mass is 10.2. The maximum Gasteiger partial charge on any atom is 0.321 e. The van der Waals surface area contributed by atoms with Gasteiger partial charge < -0.3 is 20.5 Å². The predicted molar refractivity (Wildman–Crippen MR) is 113 cm³/mol. The zero-order valence-electron chi connectivity index (χ0n) is 15.3. The molecular weight excluding hydrogens is 420 g/mol. The van der Waals surface area contributed by atoms with Crippen molar-refractivity contribution in [2.24, 2.45) is 0 Å². The molecule has 7 heteroatoms. The highest BCUT2D eigenvalue weighted by molar-refractivity contribution is 9.10. The highest BCUT2D eigenvalue weighted by Crippen LogP contribution is 2.20. The molecule has 0 saturated carbocycles. The monoisotopic (exact) mass is 440 g/mol. The number of likely N-dealkylation sites (tertiary alicyclic amines) is 1. The standard InChI is InChI=1S/C21H21BrN4O2/c22-16-7-6-15-11-19(25-18(15)12-16)20(27)23-13-14-4-3-5-17(10-14)24-21(28)26-8-1-2-9-26/h3-7,10-12,25H,1-2,8-9,13H2,(H,23,27)(H,24,28). The predicted octanol–water partition coefficient (Wildman–Crippen LogP) is 4.49. The molecule has 3 N–H and O–H groups in total. The smallest absolute Gasteiger partial charge is 0.321 e. The van der Waals surface area contributed by atoms with Crippen LogP contribution in [0.3, 0.4) is 0 Å². The molecule has 3 amide bonds. The SMILES string of the molecule is O=C(NCc1cccc(NC(=O)N2CCCC2)c1)c1cc2ccc(Br)cc2[nH]1. The summed E-state index contributed by atoms with van der Waals surface area (Å²) in [4.78, 5) is 29.7. The first kappa shape index (κ1) is 18.6. The number of fused-ring (bicyclic) bond motifs is 1. The summed E-state index contributed by atoms with van der Waals surface area (Å²) in [6.07, 6.45) is 2.12. The van der Waals surface area contributed by atoms with Gasteiger partial charge in [-0.2, -0.15) is 0 Å². The quantitative estimate of drug-likeness (QED) is 0.558. The Morgan fingerprint density at radius 3 is 2.71 bits per heavy atom. The molecule has 2 aromatic carbocycles. The van der Waals surface area contributed by atoms with E-state index in [0.717, 1.165) is 52.6 Å². The number of hydrogen-bond acceptors (Lipinski definition) is 2. The van der Waals surface area contributed by atoms with Crippen LogP contribution in [0, 0.1) is 0 Å². The van der Waals surface area contributed by atoms with Gasteiger partial charge in [0.25, 0.3) is 5.91 Å². The summed E-state index contributed by atoms with van der Waals surface area (Å²) in [5.74, 6) is -0.168.